The molecule has 1 aromatic rings. The summed E-state index contributed by atoms with van der Waals surface area (Å²) in [5.74, 6) is 0.198. The van der Waals surface area contributed by atoms with Crippen molar-refractivity contribution in [3.63, 3.8) is 0 Å². The lowest BCUT2D eigenvalue weighted by Gasteiger charge is -2.18. The molecule has 0 aliphatic heterocycles. The average molecular weight is 237 g/mol. The highest BCUT2D eigenvalue weighted by molar-refractivity contribution is 5.78. The van der Waals surface area contributed by atoms with E-state index in [0.29, 0.717) is 17.0 Å². The van der Waals surface area contributed by atoms with E-state index in [1.54, 1.807) is 20.9 Å². The SMILES string of the molecule is Cc1onc(CC(=O)N(C)C[C@@H](C)O)c1C#N. The molecule has 1 rings (SSSR count). The largest absolute Gasteiger partial charge is 0.392 e. The molecule has 1 aromatic heterocycles. The van der Waals surface area contributed by atoms with Gasteiger partial charge in [0.05, 0.1) is 12.5 Å². The normalized spacial score (nSPS) is 11.9. The van der Waals surface area contributed by atoms with Crippen LogP contribution in [0, 0.1) is 18.3 Å². The van der Waals surface area contributed by atoms with Crippen LogP contribution in [0.2, 0.25) is 0 Å². The number of nitrogens with zero attached hydrogens (tertiary/aromatic N) is 3. The van der Waals surface area contributed by atoms with Crippen LogP contribution in [0.15, 0.2) is 4.52 Å². The molecule has 0 aromatic carbocycles. The Morgan fingerprint density at radius 3 is 2.88 bits per heavy atom. The smallest absolute Gasteiger partial charge is 0.228 e. The van der Waals surface area contributed by atoms with Gasteiger partial charge in [0.1, 0.15) is 17.3 Å². The second-order valence-electron chi connectivity index (χ2n) is 3.97. The topological polar surface area (TPSA) is 90.4 Å². The number of likely N-dealkylation sites (N-methyl/N-ethyl adjacent to an activating group) is 1. The molecule has 0 aliphatic carbocycles. The zero-order valence-corrected chi connectivity index (χ0v) is 10.1. The molecule has 1 heterocycles. The standard InChI is InChI=1S/C11H15N3O3/c1-7(15)6-14(3)11(16)4-10-9(5-12)8(2)17-13-10/h7,15H,4,6H2,1-3H3/t7-/m1/s1. The van der Waals surface area contributed by atoms with Gasteiger partial charge >= 0.3 is 0 Å². The fourth-order valence-electron chi connectivity index (χ4n) is 1.46. The number of hydrogen-bond acceptors (Lipinski definition) is 5. The monoisotopic (exact) mass is 237 g/mol. The number of carbonyl (C=O) groups is 1. The maximum absolute atomic E-state index is 11.7. The minimum atomic E-state index is -0.585. The second-order valence-corrected chi connectivity index (χ2v) is 3.97. The summed E-state index contributed by atoms with van der Waals surface area (Å²) in [6, 6.07) is 1.95. The summed E-state index contributed by atoms with van der Waals surface area (Å²) in [7, 11) is 1.59. The third-order valence-corrected chi connectivity index (χ3v) is 2.33. The Labute approximate surface area is 99.4 Å². The Balaban J connectivity index is 2.72. The number of hydrogen-bond donors (Lipinski definition) is 1. The van der Waals surface area contributed by atoms with Crippen molar-refractivity contribution in [3.8, 4) is 6.07 Å². The fourth-order valence-corrected chi connectivity index (χ4v) is 1.46. The molecule has 6 nitrogen and oxygen atoms in total. The van der Waals surface area contributed by atoms with E-state index in [2.05, 4.69) is 5.16 Å². The number of amides is 1. The molecule has 1 amide bonds. The molecular weight excluding hydrogens is 222 g/mol. The van der Waals surface area contributed by atoms with Crippen molar-refractivity contribution in [1.29, 1.82) is 5.26 Å². The number of aliphatic hydroxyl groups is 1. The molecule has 17 heavy (non-hydrogen) atoms. The van der Waals surface area contributed by atoms with Gasteiger partial charge in [-0.05, 0) is 13.8 Å². The summed E-state index contributed by atoms with van der Waals surface area (Å²) in [5.41, 5.74) is 0.649. The molecule has 1 atom stereocenters. The fraction of sp³-hybridized carbons (Fsp3) is 0.545. The van der Waals surface area contributed by atoms with E-state index < -0.39 is 6.10 Å². The van der Waals surface area contributed by atoms with Crippen LogP contribution in [0.1, 0.15) is 23.9 Å². The van der Waals surface area contributed by atoms with Crippen molar-refractivity contribution < 1.29 is 14.4 Å². The quantitative estimate of drug-likeness (QED) is 0.809. The Hall–Kier alpha value is -1.87. The lowest BCUT2D eigenvalue weighted by atomic mass is 10.1. The van der Waals surface area contributed by atoms with Gasteiger partial charge in [0.15, 0.2) is 5.76 Å². The molecule has 0 bridgehead atoms. The molecule has 92 valence electrons. The first-order chi connectivity index (χ1) is 7.95. The van der Waals surface area contributed by atoms with Crippen molar-refractivity contribution >= 4 is 5.91 Å². The third-order valence-electron chi connectivity index (χ3n) is 2.33. The van der Waals surface area contributed by atoms with Crippen LogP contribution in [-0.4, -0.2) is 40.8 Å². The van der Waals surface area contributed by atoms with Gasteiger partial charge in [0, 0.05) is 13.6 Å². The van der Waals surface area contributed by atoms with Gasteiger partial charge in [0.2, 0.25) is 5.91 Å². The highest BCUT2D eigenvalue weighted by Gasteiger charge is 2.18. The molecule has 0 saturated heterocycles. The number of rotatable bonds is 4. The van der Waals surface area contributed by atoms with E-state index in [1.165, 1.54) is 4.90 Å². The summed E-state index contributed by atoms with van der Waals surface area (Å²) in [6.07, 6.45) is -0.581. The van der Waals surface area contributed by atoms with Gasteiger partial charge in [-0.15, -0.1) is 0 Å². The first-order valence-corrected chi connectivity index (χ1v) is 5.23. The number of aromatic nitrogens is 1. The van der Waals surface area contributed by atoms with Gasteiger partial charge in [-0.3, -0.25) is 4.79 Å². The van der Waals surface area contributed by atoms with Gasteiger partial charge in [-0.2, -0.15) is 5.26 Å². The molecular formula is C11H15N3O3. The predicted octanol–water partition coefficient (Wildman–Crippen LogP) is 0.236. The van der Waals surface area contributed by atoms with Crippen LogP contribution in [-0.2, 0) is 11.2 Å². The average Bonchev–Trinajstić information content (AvgIpc) is 2.58. The van der Waals surface area contributed by atoms with Crippen LogP contribution in [0.25, 0.3) is 0 Å². The van der Waals surface area contributed by atoms with Gasteiger partial charge in [-0.25, -0.2) is 0 Å². The van der Waals surface area contributed by atoms with Crippen LogP contribution in [0.5, 0.6) is 0 Å². The van der Waals surface area contributed by atoms with Gasteiger partial charge in [0.25, 0.3) is 0 Å². The maximum Gasteiger partial charge on any atom is 0.228 e. The highest BCUT2D eigenvalue weighted by Crippen LogP contribution is 2.13. The number of carbonyl (C=O) groups excluding carboxylic acids is 1. The Morgan fingerprint density at radius 2 is 2.35 bits per heavy atom. The minimum Gasteiger partial charge on any atom is -0.392 e. The Morgan fingerprint density at radius 1 is 1.71 bits per heavy atom. The highest BCUT2D eigenvalue weighted by atomic mass is 16.5. The molecule has 0 spiro atoms. The van der Waals surface area contributed by atoms with Gasteiger partial charge < -0.3 is 14.5 Å². The van der Waals surface area contributed by atoms with Crippen LogP contribution < -0.4 is 0 Å². The predicted molar refractivity (Wildman–Crippen MR) is 59.0 cm³/mol. The maximum atomic E-state index is 11.7. The van der Waals surface area contributed by atoms with Crippen LogP contribution in [0.3, 0.4) is 0 Å². The molecule has 0 radical (unpaired) electrons. The summed E-state index contributed by atoms with van der Waals surface area (Å²) in [5, 5.41) is 21.7. The van der Waals surface area contributed by atoms with E-state index in [9.17, 15) is 4.79 Å². The van der Waals surface area contributed by atoms with Crippen LogP contribution in [0.4, 0.5) is 0 Å². The number of aliphatic hydroxyl groups excluding tert-OH is 1. The summed E-state index contributed by atoms with van der Waals surface area (Å²) in [4.78, 5) is 13.1. The van der Waals surface area contributed by atoms with Crippen molar-refractivity contribution in [2.24, 2.45) is 0 Å². The van der Waals surface area contributed by atoms with Gasteiger partial charge in [-0.1, -0.05) is 5.16 Å². The lowest BCUT2D eigenvalue weighted by Crippen LogP contribution is -2.34. The first kappa shape index (κ1) is 13.2. The zero-order valence-electron chi connectivity index (χ0n) is 10.1. The minimum absolute atomic E-state index is 0.00343. The number of aryl methyl sites for hydroxylation is 1. The number of nitriles is 1. The van der Waals surface area contributed by atoms with Crippen LogP contribution >= 0.6 is 0 Å². The van der Waals surface area contributed by atoms with Crippen molar-refractivity contribution in [1.82, 2.24) is 10.1 Å². The van der Waals surface area contributed by atoms with Crippen molar-refractivity contribution in [2.75, 3.05) is 13.6 Å². The zero-order chi connectivity index (χ0) is 13.0. The molecule has 0 fully saturated rings. The van der Waals surface area contributed by atoms with E-state index in [4.69, 9.17) is 14.9 Å². The van der Waals surface area contributed by atoms with Crippen molar-refractivity contribution in [3.05, 3.63) is 17.0 Å². The second kappa shape index (κ2) is 5.46. The van der Waals surface area contributed by atoms with E-state index in [1.807, 2.05) is 6.07 Å². The van der Waals surface area contributed by atoms with E-state index >= 15 is 0 Å². The Kier molecular flexibility index (Phi) is 4.24. The molecule has 1 N–H and O–H groups in total. The Bertz CT molecular complexity index is 445. The molecule has 0 unspecified atom stereocenters. The summed E-state index contributed by atoms with van der Waals surface area (Å²) in [6.45, 7) is 3.47. The molecule has 6 heteroatoms. The third kappa shape index (κ3) is 3.29. The van der Waals surface area contributed by atoms with Crippen molar-refractivity contribution in [2.45, 2.75) is 26.4 Å². The first-order valence-electron chi connectivity index (χ1n) is 5.23. The summed E-state index contributed by atoms with van der Waals surface area (Å²) >= 11 is 0. The molecule has 0 aliphatic rings. The summed E-state index contributed by atoms with van der Waals surface area (Å²) < 4.78 is 4.86. The van der Waals surface area contributed by atoms with E-state index in [0.717, 1.165) is 0 Å². The van der Waals surface area contributed by atoms with E-state index in [-0.39, 0.29) is 18.9 Å². The lowest BCUT2D eigenvalue weighted by molar-refractivity contribution is -0.130. The molecule has 0 saturated carbocycles.